The highest BCUT2D eigenvalue weighted by Gasteiger charge is 2.00. The Balaban J connectivity index is 2.10. The van der Waals surface area contributed by atoms with E-state index in [0.717, 1.165) is 5.56 Å². The van der Waals surface area contributed by atoms with Crippen LogP contribution in [0.5, 0.6) is 5.75 Å². The molecule has 80 valence electrons. The molecule has 0 spiro atoms. The number of hydrogen-bond donors (Lipinski definition) is 1. The Hall–Kier alpha value is -1.87. The van der Waals surface area contributed by atoms with Crippen molar-refractivity contribution in [2.75, 3.05) is 0 Å². The highest BCUT2D eigenvalue weighted by atomic mass is 32.1. The van der Waals surface area contributed by atoms with Gasteiger partial charge in [-0.1, -0.05) is 18.2 Å². The van der Waals surface area contributed by atoms with Crippen molar-refractivity contribution in [3.05, 3.63) is 58.3 Å². The van der Waals surface area contributed by atoms with Crippen LogP contribution in [0.4, 0.5) is 0 Å². The lowest BCUT2D eigenvalue weighted by Crippen LogP contribution is -1.89. The number of rotatable bonds is 3. The van der Waals surface area contributed by atoms with E-state index in [1.165, 1.54) is 17.4 Å². The Morgan fingerprint density at radius 2 is 1.94 bits per heavy atom. The van der Waals surface area contributed by atoms with Gasteiger partial charge < -0.3 is 5.11 Å². The van der Waals surface area contributed by atoms with Gasteiger partial charge in [0.2, 0.25) is 0 Å². The van der Waals surface area contributed by atoms with E-state index in [2.05, 4.69) is 0 Å². The molecular formula is C13H10O2S. The summed E-state index contributed by atoms with van der Waals surface area (Å²) in [6, 6.07) is 8.50. The first-order valence-corrected chi connectivity index (χ1v) is 5.73. The van der Waals surface area contributed by atoms with Gasteiger partial charge in [-0.15, -0.1) is 0 Å². The summed E-state index contributed by atoms with van der Waals surface area (Å²) in [6.07, 6.45) is 3.27. The second-order valence-electron chi connectivity index (χ2n) is 3.30. The van der Waals surface area contributed by atoms with Crippen LogP contribution in [0.15, 0.2) is 47.2 Å². The van der Waals surface area contributed by atoms with E-state index >= 15 is 0 Å². The molecule has 0 radical (unpaired) electrons. The van der Waals surface area contributed by atoms with Gasteiger partial charge in [0.25, 0.3) is 0 Å². The van der Waals surface area contributed by atoms with Crippen LogP contribution in [-0.4, -0.2) is 10.9 Å². The molecular weight excluding hydrogens is 220 g/mol. The number of allylic oxidation sites excluding steroid dienone is 1. The van der Waals surface area contributed by atoms with Gasteiger partial charge >= 0.3 is 0 Å². The Morgan fingerprint density at radius 3 is 2.56 bits per heavy atom. The first kappa shape index (κ1) is 10.6. The second-order valence-corrected chi connectivity index (χ2v) is 4.08. The Bertz CT molecular complexity index is 495. The van der Waals surface area contributed by atoms with Gasteiger partial charge in [-0.2, -0.15) is 11.3 Å². The molecule has 0 bridgehead atoms. The largest absolute Gasteiger partial charge is 0.508 e. The molecule has 0 saturated heterocycles. The maximum Gasteiger partial charge on any atom is 0.186 e. The van der Waals surface area contributed by atoms with Crippen LogP contribution in [0.2, 0.25) is 0 Å². The van der Waals surface area contributed by atoms with Crippen molar-refractivity contribution in [3.8, 4) is 5.75 Å². The second kappa shape index (κ2) is 4.77. The van der Waals surface area contributed by atoms with Gasteiger partial charge in [0, 0.05) is 10.9 Å². The zero-order valence-corrected chi connectivity index (χ0v) is 9.28. The maximum absolute atomic E-state index is 11.6. The van der Waals surface area contributed by atoms with E-state index in [1.807, 2.05) is 10.8 Å². The topological polar surface area (TPSA) is 37.3 Å². The Labute approximate surface area is 97.5 Å². The van der Waals surface area contributed by atoms with Crippen molar-refractivity contribution in [1.82, 2.24) is 0 Å². The molecule has 0 fully saturated rings. The smallest absolute Gasteiger partial charge is 0.186 e. The number of phenols is 1. The number of ketones is 1. The molecule has 3 heteroatoms. The number of benzene rings is 1. The molecule has 1 heterocycles. The van der Waals surface area contributed by atoms with Crippen LogP contribution >= 0.6 is 11.3 Å². The summed E-state index contributed by atoms with van der Waals surface area (Å²) < 4.78 is 0. The van der Waals surface area contributed by atoms with Crippen molar-refractivity contribution >= 4 is 23.2 Å². The van der Waals surface area contributed by atoms with Crippen LogP contribution in [0, 0.1) is 0 Å². The number of hydrogen-bond acceptors (Lipinski definition) is 3. The number of carbonyl (C=O) groups is 1. The highest BCUT2D eigenvalue weighted by Crippen LogP contribution is 2.12. The van der Waals surface area contributed by atoms with Crippen LogP contribution in [-0.2, 0) is 0 Å². The number of thiophene rings is 1. The highest BCUT2D eigenvalue weighted by molar-refractivity contribution is 7.08. The summed E-state index contributed by atoms with van der Waals surface area (Å²) >= 11 is 1.50. The summed E-state index contributed by atoms with van der Waals surface area (Å²) in [7, 11) is 0. The van der Waals surface area contributed by atoms with Crippen molar-refractivity contribution in [3.63, 3.8) is 0 Å². The van der Waals surface area contributed by atoms with Crippen LogP contribution < -0.4 is 0 Å². The zero-order chi connectivity index (χ0) is 11.4. The molecule has 2 aromatic rings. The van der Waals surface area contributed by atoms with Gasteiger partial charge in [-0.05, 0) is 35.2 Å². The molecule has 16 heavy (non-hydrogen) atoms. The molecule has 0 saturated carbocycles. The monoisotopic (exact) mass is 230 g/mol. The van der Waals surface area contributed by atoms with Gasteiger partial charge in [0.05, 0.1) is 0 Å². The summed E-state index contributed by atoms with van der Waals surface area (Å²) in [5.41, 5.74) is 1.60. The summed E-state index contributed by atoms with van der Waals surface area (Å²) in [6.45, 7) is 0. The minimum atomic E-state index is -0.00525. The number of phenolic OH excluding ortho intramolecular Hbond substituents is 1. The van der Waals surface area contributed by atoms with Crippen molar-refractivity contribution in [2.45, 2.75) is 0 Å². The zero-order valence-electron chi connectivity index (χ0n) is 8.46. The molecule has 2 rings (SSSR count). The van der Waals surface area contributed by atoms with Gasteiger partial charge in [-0.25, -0.2) is 0 Å². The normalized spacial score (nSPS) is 10.8. The number of aromatic hydroxyl groups is 1. The molecule has 1 aromatic carbocycles. The van der Waals surface area contributed by atoms with Crippen molar-refractivity contribution in [2.24, 2.45) is 0 Å². The first-order valence-electron chi connectivity index (χ1n) is 4.79. The maximum atomic E-state index is 11.6. The average Bonchev–Trinajstić information content (AvgIpc) is 2.81. The van der Waals surface area contributed by atoms with Crippen molar-refractivity contribution < 1.29 is 9.90 Å². The molecule has 1 N–H and O–H groups in total. The lowest BCUT2D eigenvalue weighted by molar-refractivity contribution is 0.104. The van der Waals surface area contributed by atoms with E-state index in [-0.39, 0.29) is 11.5 Å². The Kier molecular flexibility index (Phi) is 3.17. The van der Waals surface area contributed by atoms with E-state index in [1.54, 1.807) is 36.4 Å². The summed E-state index contributed by atoms with van der Waals surface area (Å²) in [5.74, 6) is 0.218. The standard InChI is InChI=1S/C13H10O2S/c14-12-4-1-10(2-5-12)3-6-13(15)11-7-8-16-9-11/h1-9,14H/b6-3+. The third-order valence-corrected chi connectivity index (χ3v) is 2.81. The fourth-order valence-corrected chi connectivity index (χ4v) is 1.90. The molecule has 0 aliphatic rings. The van der Waals surface area contributed by atoms with E-state index < -0.39 is 0 Å². The molecule has 0 atom stereocenters. The van der Waals surface area contributed by atoms with E-state index in [0.29, 0.717) is 5.56 Å². The lowest BCUT2D eigenvalue weighted by Gasteiger charge is -1.93. The quantitative estimate of drug-likeness (QED) is 0.648. The summed E-state index contributed by atoms with van der Waals surface area (Å²) in [4.78, 5) is 11.6. The predicted octanol–water partition coefficient (Wildman–Crippen LogP) is 3.35. The van der Waals surface area contributed by atoms with Crippen LogP contribution in [0.1, 0.15) is 15.9 Å². The molecule has 2 nitrogen and oxygen atoms in total. The SMILES string of the molecule is O=C(/C=C/c1ccc(O)cc1)c1ccsc1. The Morgan fingerprint density at radius 1 is 1.19 bits per heavy atom. The van der Waals surface area contributed by atoms with Crippen LogP contribution in [0.25, 0.3) is 6.08 Å². The third-order valence-electron chi connectivity index (χ3n) is 2.13. The lowest BCUT2D eigenvalue weighted by atomic mass is 10.1. The van der Waals surface area contributed by atoms with Gasteiger partial charge in [0.15, 0.2) is 5.78 Å². The van der Waals surface area contributed by atoms with Crippen molar-refractivity contribution in [1.29, 1.82) is 0 Å². The molecule has 1 aromatic heterocycles. The minimum absolute atomic E-state index is 0.00525. The average molecular weight is 230 g/mol. The molecule has 0 aliphatic carbocycles. The van der Waals surface area contributed by atoms with Gasteiger partial charge in [-0.3, -0.25) is 4.79 Å². The first-order chi connectivity index (χ1) is 7.75. The fraction of sp³-hybridized carbons (Fsp3) is 0. The third kappa shape index (κ3) is 2.58. The summed E-state index contributed by atoms with van der Waals surface area (Å²) in [5, 5.41) is 12.8. The van der Waals surface area contributed by atoms with E-state index in [9.17, 15) is 4.79 Å². The fourth-order valence-electron chi connectivity index (χ4n) is 1.26. The van der Waals surface area contributed by atoms with Gasteiger partial charge in [0.1, 0.15) is 5.75 Å². The minimum Gasteiger partial charge on any atom is -0.508 e. The van der Waals surface area contributed by atoms with E-state index in [4.69, 9.17) is 5.11 Å². The predicted molar refractivity (Wildman–Crippen MR) is 65.8 cm³/mol. The molecule has 0 aliphatic heterocycles. The number of carbonyl (C=O) groups excluding carboxylic acids is 1. The molecule has 0 amide bonds. The molecule has 0 unspecified atom stereocenters. The van der Waals surface area contributed by atoms with Crippen LogP contribution in [0.3, 0.4) is 0 Å².